The molecule has 9 heteroatoms. The van der Waals surface area contributed by atoms with Gasteiger partial charge in [0.1, 0.15) is 11.6 Å². The van der Waals surface area contributed by atoms with Gasteiger partial charge in [0.15, 0.2) is 16.8 Å². The van der Waals surface area contributed by atoms with Crippen LogP contribution in [0.3, 0.4) is 0 Å². The predicted molar refractivity (Wildman–Crippen MR) is 98.6 cm³/mol. The van der Waals surface area contributed by atoms with E-state index in [2.05, 4.69) is 10.0 Å². The van der Waals surface area contributed by atoms with Gasteiger partial charge in [0.25, 0.3) is 5.91 Å². The molecule has 2 amide bonds. The van der Waals surface area contributed by atoms with Crippen molar-refractivity contribution in [3.63, 3.8) is 0 Å². The van der Waals surface area contributed by atoms with E-state index in [0.29, 0.717) is 6.42 Å². The number of benzene rings is 1. The van der Waals surface area contributed by atoms with Crippen molar-refractivity contribution >= 4 is 34.6 Å². The zero-order valence-corrected chi connectivity index (χ0v) is 17.0. The maximum absolute atomic E-state index is 13.9. The fraction of sp³-hybridized carbons (Fsp3) is 0.529. The SMILES string of the molecule is CC(C)C[C@H](NC(=O)OC(C)(C)C)C(=O)NS(=O)c1cccc(Cl)c1F. The first kappa shape index (κ1) is 22.4. The standard InChI is InChI=1S/C17H24ClFN2O4S/c1-10(2)9-12(20-16(23)25-17(3,4)5)15(22)21-26(24)13-8-6-7-11(18)14(13)19/h6-8,10,12H,9H2,1-5H3,(H,20,23)(H,21,22)/t12-,26?/m0/s1. The lowest BCUT2D eigenvalue weighted by Gasteiger charge is -2.24. The molecule has 0 heterocycles. The van der Waals surface area contributed by atoms with Crippen LogP contribution in [0.2, 0.25) is 5.02 Å². The Morgan fingerprint density at radius 3 is 2.46 bits per heavy atom. The van der Waals surface area contributed by atoms with Gasteiger partial charge in [0.2, 0.25) is 0 Å². The highest BCUT2D eigenvalue weighted by molar-refractivity contribution is 7.83. The molecule has 26 heavy (non-hydrogen) atoms. The van der Waals surface area contributed by atoms with E-state index in [4.69, 9.17) is 16.3 Å². The van der Waals surface area contributed by atoms with Crippen molar-refractivity contribution in [1.82, 2.24) is 10.0 Å². The second-order valence-electron chi connectivity index (χ2n) is 7.12. The van der Waals surface area contributed by atoms with Crippen LogP contribution in [-0.2, 0) is 20.5 Å². The minimum atomic E-state index is -2.16. The third-order valence-electron chi connectivity index (χ3n) is 3.02. The Kier molecular flexibility index (Phi) is 8.02. The number of hydrogen-bond donors (Lipinski definition) is 2. The zero-order chi connectivity index (χ0) is 20.1. The summed E-state index contributed by atoms with van der Waals surface area (Å²) in [5, 5.41) is 2.26. The summed E-state index contributed by atoms with van der Waals surface area (Å²) >= 11 is 5.66. The lowest BCUT2D eigenvalue weighted by atomic mass is 10.0. The Morgan fingerprint density at radius 1 is 1.31 bits per heavy atom. The maximum Gasteiger partial charge on any atom is 0.408 e. The number of rotatable bonds is 6. The molecule has 146 valence electrons. The van der Waals surface area contributed by atoms with Crippen LogP contribution in [0.5, 0.6) is 0 Å². The summed E-state index contributed by atoms with van der Waals surface area (Å²) in [6.45, 7) is 8.82. The molecular weight excluding hydrogens is 383 g/mol. The van der Waals surface area contributed by atoms with Crippen molar-refractivity contribution in [2.75, 3.05) is 0 Å². The molecule has 0 aliphatic carbocycles. The van der Waals surface area contributed by atoms with Crippen LogP contribution in [0.4, 0.5) is 9.18 Å². The largest absolute Gasteiger partial charge is 0.444 e. The molecule has 0 saturated heterocycles. The highest BCUT2D eigenvalue weighted by Crippen LogP contribution is 2.20. The van der Waals surface area contributed by atoms with Gasteiger partial charge in [0, 0.05) is 0 Å². The summed E-state index contributed by atoms with van der Waals surface area (Å²) in [6.07, 6.45) is -0.474. The van der Waals surface area contributed by atoms with Gasteiger partial charge >= 0.3 is 6.09 Å². The Hall–Kier alpha value is -1.67. The first-order valence-corrected chi connectivity index (χ1v) is 9.59. The fourth-order valence-electron chi connectivity index (χ4n) is 2.00. The number of alkyl carbamates (subject to hydrolysis) is 1. The summed E-state index contributed by atoms with van der Waals surface area (Å²) in [7, 11) is -2.16. The average molecular weight is 407 g/mol. The summed E-state index contributed by atoms with van der Waals surface area (Å²) < 4.78 is 33.6. The molecule has 0 aliphatic rings. The average Bonchev–Trinajstić information content (AvgIpc) is 2.46. The topological polar surface area (TPSA) is 84.5 Å². The molecular formula is C17H24ClFN2O4S. The third-order valence-corrected chi connectivity index (χ3v) is 4.42. The van der Waals surface area contributed by atoms with Crippen LogP contribution in [0.25, 0.3) is 0 Å². The second-order valence-corrected chi connectivity index (χ2v) is 8.70. The third kappa shape index (κ3) is 7.29. The van der Waals surface area contributed by atoms with Crippen LogP contribution < -0.4 is 10.0 Å². The van der Waals surface area contributed by atoms with Crippen LogP contribution in [0.15, 0.2) is 23.1 Å². The van der Waals surface area contributed by atoms with Crippen LogP contribution in [0, 0.1) is 11.7 Å². The highest BCUT2D eigenvalue weighted by Gasteiger charge is 2.27. The molecule has 0 aromatic heterocycles. The van der Waals surface area contributed by atoms with Crippen molar-refractivity contribution < 1.29 is 22.9 Å². The zero-order valence-electron chi connectivity index (χ0n) is 15.4. The quantitative estimate of drug-likeness (QED) is 0.756. The minimum absolute atomic E-state index is 0.0667. The van der Waals surface area contributed by atoms with E-state index in [9.17, 15) is 18.2 Å². The molecule has 1 aromatic rings. The van der Waals surface area contributed by atoms with Gasteiger partial charge in [-0.3, -0.25) is 9.52 Å². The summed E-state index contributed by atoms with van der Waals surface area (Å²) in [5.74, 6) is -1.51. The van der Waals surface area contributed by atoms with E-state index >= 15 is 0 Å². The van der Waals surface area contributed by atoms with Crippen molar-refractivity contribution in [2.45, 2.75) is 57.6 Å². The number of carbonyl (C=O) groups is 2. The number of nitrogens with one attached hydrogen (secondary N) is 2. The smallest absolute Gasteiger partial charge is 0.408 e. The normalized spacial score (nSPS) is 13.8. The first-order valence-electron chi connectivity index (χ1n) is 8.06. The van der Waals surface area contributed by atoms with Gasteiger partial charge < -0.3 is 10.1 Å². The number of ether oxygens (including phenoxy) is 1. The van der Waals surface area contributed by atoms with Crippen molar-refractivity contribution in [1.29, 1.82) is 0 Å². The van der Waals surface area contributed by atoms with Crippen LogP contribution in [-0.4, -0.2) is 27.9 Å². The first-order chi connectivity index (χ1) is 11.9. The maximum atomic E-state index is 13.9. The van der Waals surface area contributed by atoms with Crippen LogP contribution in [0.1, 0.15) is 41.0 Å². The predicted octanol–water partition coefficient (Wildman–Crippen LogP) is 3.56. The lowest BCUT2D eigenvalue weighted by Crippen LogP contribution is -2.49. The Morgan fingerprint density at radius 2 is 1.92 bits per heavy atom. The lowest BCUT2D eigenvalue weighted by molar-refractivity contribution is -0.121. The number of amides is 2. The van der Waals surface area contributed by atoms with Gasteiger partial charge in [0.05, 0.1) is 9.92 Å². The Balaban J connectivity index is 2.87. The van der Waals surface area contributed by atoms with E-state index < -0.39 is 40.4 Å². The van der Waals surface area contributed by atoms with Gasteiger partial charge in [-0.05, 0) is 45.2 Å². The Bertz CT molecular complexity index is 692. The molecule has 1 aromatic carbocycles. The summed E-state index contributed by atoms with van der Waals surface area (Å²) in [5.41, 5.74) is -0.727. The molecule has 1 rings (SSSR count). The van der Waals surface area contributed by atoms with Crippen molar-refractivity contribution in [3.8, 4) is 0 Å². The number of carbonyl (C=O) groups excluding carboxylic acids is 2. The number of halogens is 2. The van der Waals surface area contributed by atoms with Crippen molar-refractivity contribution in [2.24, 2.45) is 5.92 Å². The molecule has 6 nitrogen and oxygen atoms in total. The minimum Gasteiger partial charge on any atom is -0.444 e. The molecule has 2 N–H and O–H groups in total. The monoisotopic (exact) mass is 406 g/mol. The number of hydrogen-bond acceptors (Lipinski definition) is 4. The summed E-state index contributed by atoms with van der Waals surface area (Å²) in [4.78, 5) is 24.1. The van der Waals surface area contributed by atoms with Gasteiger partial charge in [-0.25, -0.2) is 13.4 Å². The van der Waals surface area contributed by atoms with E-state index in [0.717, 1.165) is 0 Å². The van der Waals surface area contributed by atoms with E-state index in [1.807, 2.05) is 13.8 Å². The van der Waals surface area contributed by atoms with E-state index in [1.54, 1.807) is 20.8 Å². The Labute approximate surface area is 160 Å². The second kappa shape index (κ2) is 9.32. The molecule has 0 bridgehead atoms. The molecule has 0 spiro atoms. The van der Waals surface area contributed by atoms with Gasteiger partial charge in [-0.1, -0.05) is 31.5 Å². The molecule has 0 fully saturated rings. The highest BCUT2D eigenvalue weighted by atomic mass is 35.5. The summed E-state index contributed by atoms with van der Waals surface area (Å²) in [6, 6.07) is 3.02. The van der Waals surface area contributed by atoms with E-state index in [-0.39, 0.29) is 15.8 Å². The van der Waals surface area contributed by atoms with E-state index in [1.165, 1.54) is 18.2 Å². The molecule has 1 unspecified atom stereocenters. The van der Waals surface area contributed by atoms with Gasteiger partial charge in [-0.15, -0.1) is 0 Å². The molecule has 0 radical (unpaired) electrons. The van der Waals surface area contributed by atoms with Gasteiger partial charge in [-0.2, -0.15) is 0 Å². The van der Waals surface area contributed by atoms with Crippen LogP contribution >= 0.6 is 11.6 Å². The fourth-order valence-corrected chi connectivity index (χ4v) is 3.14. The molecule has 0 aliphatic heterocycles. The van der Waals surface area contributed by atoms with Crippen molar-refractivity contribution in [3.05, 3.63) is 29.0 Å². The molecule has 0 saturated carbocycles. The molecule has 2 atom stereocenters.